The highest BCUT2D eigenvalue weighted by molar-refractivity contribution is 5.76. The number of amides is 1. The van der Waals surface area contributed by atoms with Gasteiger partial charge in [-0.3, -0.25) is 9.89 Å². The highest BCUT2D eigenvalue weighted by Crippen LogP contribution is 2.29. The van der Waals surface area contributed by atoms with Crippen LogP contribution in [0, 0.1) is 6.92 Å². The zero-order valence-electron chi connectivity index (χ0n) is 16.3. The molecular weight excluding hydrogens is 350 g/mol. The summed E-state index contributed by atoms with van der Waals surface area (Å²) in [6, 6.07) is 10.5. The van der Waals surface area contributed by atoms with E-state index in [-0.39, 0.29) is 5.91 Å². The second-order valence-electron chi connectivity index (χ2n) is 7.57. The number of aromatic amines is 1. The van der Waals surface area contributed by atoms with Crippen molar-refractivity contribution in [2.45, 2.75) is 45.1 Å². The fraction of sp³-hybridized carbons (Fsp3) is 0.409. The number of hydrogen-bond donors (Lipinski definition) is 1. The number of aryl methyl sites for hydroxylation is 2. The van der Waals surface area contributed by atoms with Crippen LogP contribution in [0.4, 0.5) is 0 Å². The average Bonchev–Trinajstić information content (AvgIpc) is 3.36. The molecule has 0 saturated carbocycles. The minimum atomic E-state index is 0.224. The van der Waals surface area contributed by atoms with Gasteiger partial charge in [-0.25, -0.2) is 4.98 Å². The summed E-state index contributed by atoms with van der Waals surface area (Å²) in [4.78, 5) is 19.0. The van der Waals surface area contributed by atoms with Gasteiger partial charge in [-0.2, -0.15) is 5.10 Å². The molecule has 1 aliphatic heterocycles. The average molecular weight is 377 g/mol. The van der Waals surface area contributed by atoms with Gasteiger partial charge in [0.15, 0.2) is 0 Å². The van der Waals surface area contributed by atoms with Gasteiger partial charge in [0.2, 0.25) is 5.91 Å². The number of nitrogens with zero attached hydrogens (tertiary/aromatic N) is 4. The second-order valence-corrected chi connectivity index (χ2v) is 7.57. The number of rotatable bonds is 6. The molecule has 3 heterocycles. The highest BCUT2D eigenvalue weighted by atomic mass is 16.2. The molecule has 1 aliphatic rings. The predicted molar refractivity (Wildman–Crippen MR) is 108 cm³/mol. The summed E-state index contributed by atoms with van der Waals surface area (Å²) < 4.78 is 2.03. The van der Waals surface area contributed by atoms with Gasteiger partial charge in [-0.15, -0.1) is 0 Å². The molecule has 4 rings (SSSR count). The standard InChI is InChI=1S/C22H27N5O/c1-17-23-10-13-26(17)12-9-21(28)27-11-5-8-19(16-27)22-20(15-24-25-22)14-18-6-3-2-4-7-18/h2-4,6-7,10,13,15,19H,5,8-9,11-12,14,16H2,1H3,(H,24,25)/t19-/m0/s1. The lowest BCUT2D eigenvalue weighted by Gasteiger charge is -2.33. The summed E-state index contributed by atoms with van der Waals surface area (Å²) in [6.07, 6.45) is 9.16. The van der Waals surface area contributed by atoms with Crippen LogP contribution in [0.3, 0.4) is 0 Å². The number of imidazole rings is 1. The van der Waals surface area contributed by atoms with Gasteiger partial charge < -0.3 is 9.47 Å². The number of carbonyl (C=O) groups excluding carboxylic acids is 1. The summed E-state index contributed by atoms with van der Waals surface area (Å²) in [5.41, 5.74) is 3.70. The van der Waals surface area contributed by atoms with Gasteiger partial charge in [-0.1, -0.05) is 30.3 Å². The zero-order chi connectivity index (χ0) is 19.3. The minimum Gasteiger partial charge on any atom is -0.342 e. The summed E-state index contributed by atoms with van der Waals surface area (Å²) in [5.74, 6) is 1.50. The van der Waals surface area contributed by atoms with E-state index in [0.29, 0.717) is 18.9 Å². The number of hydrogen-bond acceptors (Lipinski definition) is 3. The first-order valence-corrected chi connectivity index (χ1v) is 10.0. The fourth-order valence-corrected chi connectivity index (χ4v) is 4.08. The predicted octanol–water partition coefficient (Wildman–Crippen LogP) is 3.30. The Bertz CT molecular complexity index is 914. The summed E-state index contributed by atoms with van der Waals surface area (Å²) >= 11 is 0. The maximum absolute atomic E-state index is 12.8. The number of likely N-dealkylation sites (tertiary alicyclic amines) is 1. The topological polar surface area (TPSA) is 66.8 Å². The van der Waals surface area contributed by atoms with Crippen LogP contribution in [0.2, 0.25) is 0 Å². The Hall–Kier alpha value is -2.89. The molecular formula is C22H27N5O. The number of H-pyrrole nitrogens is 1. The molecule has 0 spiro atoms. The first kappa shape index (κ1) is 18.5. The Labute approximate surface area is 165 Å². The molecule has 1 saturated heterocycles. The van der Waals surface area contributed by atoms with Crippen LogP contribution in [0.5, 0.6) is 0 Å². The Morgan fingerprint density at radius 2 is 2.14 bits per heavy atom. The van der Waals surface area contributed by atoms with E-state index in [1.54, 1.807) is 6.20 Å². The third kappa shape index (κ3) is 4.16. The van der Waals surface area contributed by atoms with Crippen LogP contribution in [0.25, 0.3) is 0 Å². The Balaban J connectivity index is 1.39. The van der Waals surface area contributed by atoms with Crippen molar-refractivity contribution in [2.24, 2.45) is 0 Å². The number of aromatic nitrogens is 4. The monoisotopic (exact) mass is 377 g/mol. The molecule has 0 radical (unpaired) electrons. The van der Waals surface area contributed by atoms with Crippen LogP contribution in [0.1, 0.15) is 47.8 Å². The molecule has 1 N–H and O–H groups in total. The van der Waals surface area contributed by atoms with E-state index in [4.69, 9.17) is 0 Å². The highest BCUT2D eigenvalue weighted by Gasteiger charge is 2.27. The minimum absolute atomic E-state index is 0.224. The van der Waals surface area contributed by atoms with Crippen molar-refractivity contribution < 1.29 is 4.79 Å². The Morgan fingerprint density at radius 3 is 2.93 bits per heavy atom. The molecule has 1 atom stereocenters. The third-order valence-corrected chi connectivity index (χ3v) is 5.66. The molecule has 3 aromatic rings. The van der Waals surface area contributed by atoms with E-state index in [0.717, 1.165) is 38.2 Å². The van der Waals surface area contributed by atoms with Crippen LogP contribution in [-0.2, 0) is 17.8 Å². The first-order valence-electron chi connectivity index (χ1n) is 10.0. The molecule has 2 aromatic heterocycles. The molecule has 6 nitrogen and oxygen atoms in total. The van der Waals surface area contributed by atoms with E-state index in [1.807, 2.05) is 34.9 Å². The lowest BCUT2D eigenvalue weighted by molar-refractivity contribution is -0.132. The Kier molecular flexibility index (Phi) is 5.55. The quantitative estimate of drug-likeness (QED) is 0.717. The van der Waals surface area contributed by atoms with E-state index in [1.165, 1.54) is 16.8 Å². The van der Waals surface area contributed by atoms with Crippen molar-refractivity contribution in [1.29, 1.82) is 0 Å². The molecule has 6 heteroatoms. The van der Waals surface area contributed by atoms with Gasteiger partial charge in [0.05, 0.1) is 6.20 Å². The van der Waals surface area contributed by atoms with Gasteiger partial charge in [0, 0.05) is 56.5 Å². The largest absolute Gasteiger partial charge is 0.342 e. The van der Waals surface area contributed by atoms with Crippen LogP contribution >= 0.6 is 0 Å². The summed E-state index contributed by atoms with van der Waals surface area (Å²) in [6.45, 7) is 4.27. The molecule has 0 unspecified atom stereocenters. The SMILES string of the molecule is Cc1nccn1CCC(=O)N1CCC[C@H](c2[nH]ncc2Cc2ccccc2)C1. The van der Waals surface area contributed by atoms with E-state index >= 15 is 0 Å². The number of carbonyl (C=O) groups is 1. The van der Waals surface area contributed by atoms with E-state index < -0.39 is 0 Å². The van der Waals surface area contributed by atoms with Gasteiger partial charge in [0.1, 0.15) is 5.82 Å². The van der Waals surface area contributed by atoms with Gasteiger partial charge >= 0.3 is 0 Å². The van der Waals surface area contributed by atoms with Crippen molar-refractivity contribution in [3.05, 3.63) is 71.6 Å². The third-order valence-electron chi connectivity index (χ3n) is 5.66. The fourth-order valence-electron chi connectivity index (χ4n) is 4.08. The van der Waals surface area contributed by atoms with Crippen molar-refractivity contribution >= 4 is 5.91 Å². The second kappa shape index (κ2) is 8.42. The maximum Gasteiger partial charge on any atom is 0.224 e. The smallest absolute Gasteiger partial charge is 0.224 e. The molecule has 1 aromatic carbocycles. The Morgan fingerprint density at radius 1 is 1.29 bits per heavy atom. The van der Waals surface area contributed by atoms with Gasteiger partial charge in [-0.05, 0) is 30.9 Å². The van der Waals surface area contributed by atoms with E-state index in [2.05, 4.69) is 39.4 Å². The molecule has 0 bridgehead atoms. The zero-order valence-corrected chi connectivity index (χ0v) is 16.3. The lowest BCUT2D eigenvalue weighted by Crippen LogP contribution is -2.39. The molecule has 0 aliphatic carbocycles. The maximum atomic E-state index is 12.8. The number of nitrogens with one attached hydrogen (secondary N) is 1. The van der Waals surface area contributed by atoms with Crippen LogP contribution < -0.4 is 0 Å². The van der Waals surface area contributed by atoms with Crippen molar-refractivity contribution in [2.75, 3.05) is 13.1 Å². The molecule has 1 amide bonds. The number of benzene rings is 1. The lowest BCUT2D eigenvalue weighted by atomic mass is 9.90. The van der Waals surface area contributed by atoms with Crippen molar-refractivity contribution in [3.8, 4) is 0 Å². The van der Waals surface area contributed by atoms with Crippen molar-refractivity contribution in [1.82, 2.24) is 24.6 Å². The molecule has 146 valence electrons. The van der Waals surface area contributed by atoms with Crippen molar-refractivity contribution in [3.63, 3.8) is 0 Å². The summed E-state index contributed by atoms with van der Waals surface area (Å²) in [7, 11) is 0. The van der Waals surface area contributed by atoms with Gasteiger partial charge in [0.25, 0.3) is 0 Å². The molecule has 1 fully saturated rings. The van der Waals surface area contributed by atoms with Crippen LogP contribution in [-0.4, -0.2) is 43.6 Å². The number of piperidine rings is 1. The van der Waals surface area contributed by atoms with Crippen LogP contribution in [0.15, 0.2) is 48.9 Å². The van der Waals surface area contributed by atoms with E-state index in [9.17, 15) is 4.79 Å². The first-order chi connectivity index (χ1) is 13.7. The normalized spacial score (nSPS) is 17.0. The summed E-state index contributed by atoms with van der Waals surface area (Å²) in [5, 5.41) is 7.52. The molecule has 28 heavy (non-hydrogen) atoms.